The number of hydrogen-bond acceptors (Lipinski definition) is 6. The van der Waals surface area contributed by atoms with Gasteiger partial charge in [-0.05, 0) is 18.8 Å². The fourth-order valence-corrected chi connectivity index (χ4v) is 3.81. The average molecular weight is 309 g/mol. The van der Waals surface area contributed by atoms with Crippen molar-refractivity contribution in [3.05, 3.63) is 16.1 Å². The number of nitrogens with one attached hydrogen (secondary N) is 2. The second-order valence-corrected chi connectivity index (χ2v) is 6.47. The number of nitrogens with two attached hydrogens (primary N) is 1. The summed E-state index contributed by atoms with van der Waals surface area (Å²) in [5.41, 5.74) is 2.99. The second kappa shape index (κ2) is 6.08. The number of piperidine rings is 2. The minimum absolute atomic E-state index is 0.182. The molecule has 2 fully saturated rings. The molecule has 4 N–H and O–H groups in total. The van der Waals surface area contributed by atoms with E-state index in [1.807, 2.05) is 5.38 Å². The van der Waals surface area contributed by atoms with Gasteiger partial charge < -0.3 is 5.32 Å². The zero-order chi connectivity index (χ0) is 14.8. The molecule has 8 heteroatoms. The predicted octanol–water partition coefficient (Wildman–Crippen LogP) is -0.153. The third-order valence-corrected chi connectivity index (χ3v) is 5.06. The van der Waals surface area contributed by atoms with E-state index < -0.39 is 0 Å². The van der Waals surface area contributed by atoms with E-state index in [-0.39, 0.29) is 11.8 Å². The van der Waals surface area contributed by atoms with E-state index in [0.29, 0.717) is 23.4 Å². The minimum atomic E-state index is -0.347. The first-order chi connectivity index (χ1) is 10.2. The largest absolute Gasteiger partial charge is 0.353 e. The maximum Gasteiger partial charge on any atom is 0.294 e. The molecule has 3 rings (SSSR count). The number of amides is 2. The van der Waals surface area contributed by atoms with Gasteiger partial charge in [0.2, 0.25) is 5.91 Å². The lowest BCUT2D eigenvalue weighted by Crippen LogP contribution is -2.53. The monoisotopic (exact) mass is 309 g/mol. The maximum absolute atomic E-state index is 11.4. The molecular weight excluding hydrogens is 290 g/mol. The number of thiazole rings is 1. The van der Waals surface area contributed by atoms with Crippen molar-refractivity contribution in [2.45, 2.75) is 31.8 Å². The molecule has 2 saturated heterocycles. The van der Waals surface area contributed by atoms with Crippen molar-refractivity contribution < 1.29 is 9.59 Å². The summed E-state index contributed by atoms with van der Waals surface area (Å²) in [6.45, 7) is 2.66. The van der Waals surface area contributed by atoms with Gasteiger partial charge in [-0.2, -0.15) is 0 Å². The van der Waals surface area contributed by atoms with Crippen LogP contribution in [0.15, 0.2) is 5.38 Å². The van der Waals surface area contributed by atoms with Crippen LogP contribution in [0.4, 0.5) is 0 Å². The standard InChI is InChI=1S/C13H19N5O2S/c14-17-12(20)13-15-9(7-21-13)6-18-4-3-10-8(5-18)1-2-11(19)16-10/h7-8,10H,1-6,14H2,(H,16,19)(H,17,20). The smallest absolute Gasteiger partial charge is 0.294 e. The first-order valence-corrected chi connectivity index (χ1v) is 8.00. The highest BCUT2D eigenvalue weighted by Gasteiger charge is 2.33. The molecule has 114 valence electrons. The summed E-state index contributed by atoms with van der Waals surface area (Å²) in [7, 11) is 0. The Labute approximate surface area is 126 Å². The van der Waals surface area contributed by atoms with Crippen LogP contribution in [0.5, 0.6) is 0 Å². The molecular formula is C13H19N5O2S. The zero-order valence-electron chi connectivity index (χ0n) is 11.7. The first kappa shape index (κ1) is 14.4. The summed E-state index contributed by atoms with van der Waals surface area (Å²) in [5.74, 6) is 5.47. The molecule has 2 aliphatic heterocycles. The van der Waals surface area contributed by atoms with Crippen molar-refractivity contribution in [3.63, 3.8) is 0 Å². The van der Waals surface area contributed by atoms with Gasteiger partial charge in [-0.3, -0.25) is 19.9 Å². The van der Waals surface area contributed by atoms with Crippen LogP contribution in [0.3, 0.4) is 0 Å². The SMILES string of the molecule is NNC(=O)c1nc(CN2CCC3NC(=O)CCC3C2)cs1. The Kier molecular flexibility index (Phi) is 4.18. The number of carbonyl (C=O) groups excluding carboxylic acids is 2. The molecule has 2 unspecified atom stereocenters. The van der Waals surface area contributed by atoms with Crippen molar-refractivity contribution in [1.29, 1.82) is 0 Å². The van der Waals surface area contributed by atoms with Crippen molar-refractivity contribution in [2.75, 3.05) is 13.1 Å². The van der Waals surface area contributed by atoms with Gasteiger partial charge in [0.15, 0.2) is 5.01 Å². The van der Waals surface area contributed by atoms with Gasteiger partial charge in [0.25, 0.3) is 5.91 Å². The summed E-state index contributed by atoms with van der Waals surface area (Å²) in [6, 6.07) is 0.330. The van der Waals surface area contributed by atoms with Crippen LogP contribution in [-0.2, 0) is 11.3 Å². The number of rotatable bonds is 3. The highest BCUT2D eigenvalue weighted by Crippen LogP contribution is 2.26. The number of likely N-dealkylation sites (tertiary alicyclic amines) is 1. The molecule has 0 saturated carbocycles. The molecule has 3 heterocycles. The number of hydrazine groups is 1. The average Bonchev–Trinajstić information content (AvgIpc) is 2.95. The molecule has 1 aromatic heterocycles. The van der Waals surface area contributed by atoms with Gasteiger partial charge in [-0.15, -0.1) is 11.3 Å². The highest BCUT2D eigenvalue weighted by atomic mass is 32.1. The molecule has 0 radical (unpaired) electrons. The molecule has 21 heavy (non-hydrogen) atoms. The van der Waals surface area contributed by atoms with E-state index in [9.17, 15) is 9.59 Å². The molecule has 1 aromatic rings. The van der Waals surface area contributed by atoms with E-state index in [2.05, 4.69) is 20.6 Å². The highest BCUT2D eigenvalue weighted by molar-refractivity contribution is 7.11. The van der Waals surface area contributed by atoms with Gasteiger partial charge in [0.05, 0.1) is 5.69 Å². The van der Waals surface area contributed by atoms with Crippen molar-refractivity contribution in [1.82, 2.24) is 20.6 Å². The molecule has 2 atom stereocenters. The molecule has 0 aromatic carbocycles. The van der Waals surface area contributed by atoms with Crippen LogP contribution in [0.25, 0.3) is 0 Å². The Balaban J connectivity index is 1.58. The Hall–Kier alpha value is -1.51. The van der Waals surface area contributed by atoms with E-state index in [0.717, 1.165) is 38.2 Å². The fraction of sp³-hybridized carbons (Fsp3) is 0.615. The van der Waals surface area contributed by atoms with Gasteiger partial charge >= 0.3 is 0 Å². The van der Waals surface area contributed by atoms with Crippen molar-refractivity contribution >= 4 is 23.2 Å². The van der Waals surface area contributed by atoms with Crippen molar-refractivity contribution in [3.8, 4) is 0 Å². The number of hydrogen-bond donors (Lipinski definition) is 3. The summed E-state index contributed by atoms with van der Waals surface area (Å²) in [4.78, 5) is 29.5. The van der Waals surface area contributed by atoms with Crippen LogP contribution in [0.1, 0.15) is 34.8 Å². The zero-order valence-corrected chi connectivity index (χ0v) is 12.5. The number of nitrogens with zero attached hydrogens (tertiary/aromatic N) is 2. The van der Waals surface area contributed by atoms with Gasteiger partial charge in [-0.1, -0.05) is 0 Å². The number of carbonyl (C=O) groups is 2. The lowest BCUT2D eigenvalue weighted by atomic mass is 9.85. The van der Waals surface area contributed by atoms with E-state index in [1.54, 1.807) is 0 Å². The van der Waals surface area contributed by atoms with E-state index in [1.165, 1.54) is 11.3 Å². The van der Waals surface area contributed by atoms with E-state index >= 15 is 0 Å². The lowest BCUT2D eigenvalue weighted by Gasteiger charge is -2.41. The maximum atomic E-state index is 11.4. The fourth-order valence-electron chi connectivity index (χ4n) is 3.10. The van der Waals surface area contributed by atoms with Gasteiger partial charge in [0, 0.05) is 37.5 Å². The number of aromatic nitrogens is 1. The minimum Gasteiger partial charge on any atom is -0.353 e. The van der Waals surface area contributed by atoms with Gasteiger partial charge in [-0.25, -0.2) is 10.8 Å². The summed E-state index contributed by atoms with van der Waals surface area (Å²) < 4.78 is 0. The second-order valence-electron chi connectivity index (χ2n) is 5.61. The first-order valence-electron chi connectivity index (χ1n) is 7.13. The molecule has 0 spiro atoms. The predicted molar refractivity (Wildman–Crippen MR) is 78.3 cm³/mol. The van der Waals surface area contributed by atoms with Crippen LogP contribution in [0, 0.1) is 5.92 Å². The third kappa shape index (κ3) is 3.22. The molecule has 2 aliphatic rings. The molecule has 7 nitrogen and oxygen atoms in total. The van der Waals surface area contributed by atoms with Crippen LogP contribution >= 0.6 is 11.3 Å². The number of nitrogen functional groups attached to an aromatic ring is 1. The topological polar surface area (TPSA) is 100 Å². The van der Waals surface area contributed by atoms with E-state index in [4.69, 9.17) is 5.84 Å². The van der Waals surface area contributed by atoms with Gasteiger partial charge in [0.1, 0.15) is 0 Å². The van der Waals surface area contributed by atoms with Crippen LogP contribution in [-0.4, -0.2) is 40.8 Å². The molecule has 0 aliphatic carbocycles. The molecule has 2 amide bonds. The molecule has 0 bridgehead atoms. The van der Waals surface area contributed by atoms with Crippen LogP contribution < -0.4 is 16.6 Å². The Morgan fingerprint density at radius 2 is 2.43 bits per heavy atom. The van der Waals surface area contributed by atoms with Crippen molar-refractivity contribution in [2.24, 2.45) is 11.8 Å². The summed E-state index contributed by atoms with van der Waals surface area (Å²) >= 11 is 1.31. The number of fused-ring (bicyclic) bond motifs is 1. The normalized spacial score (nSPS) is 26.0. The van der Waals surface area contributed by atoms with Crippen LogP contribution in [0.2, 0.25) is 0 Å². The Morgan fingerprint density at radius 3 is 3.24 bits per heavy atom. The lowest BCUT2D eigenvalue weighted by molar-refractivity contribution is -0.125. The third-order valence-electron chi connectivity index (χ3n) is 4.17. The quantitative estimate of drug-likeness (QED) is 0.409. The summed E-state index contributed by atoms with van der Waals surface area (Å²) in [5, 5.41) is 5.38. The Bertz CT molecular complexity index is 546. The Morgan fingerprint density at radius 1 is 1.57 bits per heavy atom. The summed E-state index contributed by atoms with van der Waals surface area (Å²) in [6.07, 6.45) is 2.58.